The van der Waals surface area contributed by atoms with Gasteiger partial charge in [0, 0.05) is 5.56 Å². The minimum atomic E-state index is 0.489. The Morgan fingerprint density at radius 3 is 2.69 bits per heavy atom. The van der Waals surface area contributed by atoms with Crippen LogP contribution in [0.4, 0.5) is 0 Å². The van der Waals surface area contributed by atoms with Crippen LogP contribution in [-0.4, -0.2) is 19.4 Å². The molecule has 0 amide bonds. The maximum Gasteiger partial charge on any atom is 0.150 e. The molecule has 1 aromatic rings. The molecule has 2 nitrogen and oxygen atoms in total. The van der Waals surface area contributed by atoms with Crippen LogP contribution in [0.1, 0.15) is 41.6 Å². The molecule has 0 radical (unpaired) electrons. The van der Waals surface area contributed by atoms with Gasteiger partial charge in [0.1, 0.15) is 6.29 Å². The molecule has 1 atom stereocenters. The van der Waals surface area contributed by atoms with Gasteiger partial charge in [-0.15, -0.1) is 0 Å². The standard InChI is InChI=1S/C14H19NO/c1-11(12-6-8-15-9-7-12)14-5-3-2-4-13(14)10-16/h2-5,10-12,15H,6-9H2,1H3. The summed E-state index contributed by atoms with van der Waals surface area (Å²) in [5.41, 5.74) is 2.07. The molecule has 1 aliphatic rings. The van der Waals surface area contributed by atoms with Crippen LogP contribution in [-0.2, 0) is 0 Å². The van der Waals surface area contributed by atoms with Crippen molar-refractivity contribution in [3.63, 3.8) is 0 Å². The second-order valence-electron chi connectivity index (χ2n) is 4.62. The van der Waals surface area contributed by atoms with Crippen LogP contribution in [0.25, 0.3) is 0 Å². The van der Waals surface area contributed by atoms with E-state index in [2.05, 4.69) is 18.3 Å². The highest BCUT2D eigenvalue weighted by Crippen LogP contribution is 2.31. The molecule has 1 heterocycles. The summed E-state index contributed by atoms with van der Waals surface area (Å²) < 4.78 is 0. The van der Waals surface area contributed by atoms with Gasteiger partial charge in [0.2, 0.25) is 0 Å². The summed E-state index contributed by atoms with van der Waals surface area (Å²) in [6.07, 6.45) is 3.41. The van der Waals surface area contributed by atoms with Crippen molar-refractivity contribution >= 4 is 6.29 Å². The molecule has 16 heavy (non-hydrogen) atoms. The minimum Gasteiger partial charge on any atom is -0.317 e. The van der Waals surface area contributed by atoms with E-state index in [1.54, 1.807) is 0 Å². The van der Waals surface area contributed by atoms with E-state index in [-0.39, 0.29) is 0 Å². The summed E-state index contributed by atoms with van der Waals surface area (Å²) in [5, 5.41) is 3.38. The van der Waals surface area contributed by atoms with E-state index in [9.17, 15) is 4.79 Å². The van der Waals surface area contributed by atoms with Gasteiger partial charge in [0.05, 0.1) is 0 Å². The Kier molecular flexibility index (Phi) is 3.73. The number of hydrogen-bond acceptors (Lipinski definition) is 2. The summed E-state index contributed by atoms with van der Waals surface area (Å²) in [6.45, 7) is 4.47. The van der Waals surface area contributed by atoms with Crippen LogP contribution in [0.2, 0.25) is 0 Å². The van der Waals surface area contributed by atoms with Crippen molar-refractivity contribution in [2.24, 2.45) is 5.92 Å². The van der Waals surface area contributed by atoms with Crippen LogP contribution in [0.3, 0.4) is 0 Å². The smallest absolute Gasteiger partial charge is 0.150 e. The largest absolute Gasteiger partial charge is 0.317 e. The van der Waals surface area contributed by atoms with Crippen molar-refractivity contribution in [2.45, 2.75) is 25.7 Å². The molecule has 1 aromatic carbocycles. The van der Waals surface area contributed by atoms with Gasteiger partial charge in [0.15, 0.2) is 0 Å². The minimum absolute atomic E-state index is 0.489. The normalized spacial score (nSPS) is 19.3. The average molecular weight is 217 g/mol. The molecule has 2 heteroatoms. The number of rotatable bonds is 3. The fraction of sp³-hybridized carbons (Fsp3) is 0.500. The fourth-order valence-corrected chi connectivity index (χ4v) is 2.63. The van der Waals surface area contributed by atoms with Gasteiger partial charge in [-0.1, -0.05) is 31.2 Å². The number of carbonyl (C=O) groups excluding carboxylic acids is 1. The maximum absolute atomic E-state index is 11.0. The number of nitrogens with one attached hydrogen (secondary N) is 1. The third-order valence-corrected chi connectivity index (χ3v) is 3.70. The third-order valence-electron chi connectivity index (χ3n) is 3.70. The Morgan fingerprint density at radius 2 is 2.00 bits per heavy atom. The summed E-state index contributed by atoms with van der Waals surface area (Å²) >= 11 is 0. The SMILES string of the molecule is CC(c1ccccc1C=O)C1CCNCC1. The van der Waals surface area contributed by atoms with Crippen molar-refractivity contribution < 1.29 is 4.79 Å². The number of hydrogen-bond donors (Lipinski definition) is 1. The highest BCUT2D eigenvalue weighted by Gasteiger charge is 2.22. The zero-order valence-corrected chi connectivity index (χ0v) is 9.78. The zero-order chi connectivity index (χ0) is 11.4. The molecule has 1 aliphatic heterocycles. The van der Waals surface area contributed by atoms with Gasteiger partial charge in [-0.05, 0) is 43.3 Å². The Bertz CT molecular complexity index is 356. The first-order chi connectivity index (χ1) is 7.83. The van der Waals surface area contributed by atoms with Crippen LogP contribution in [0.5, 0.6) is 0 Å². The molecule has 1 fully saturated rings. The molecule has 1 unspecified atom stereocenters. The molecule has 1 saturated heterocycles. The molecule has 0 spiro atoms. The third kappa shape index (κ3) is 2.33. The first-order valence-corrected chi connectivity index (χ1v) is 6.07. The van der Waals surface area contributed by atoms with Gasteiger partial charge >= 0.3 is 0 Å². The predicted molar refractivity (Wildman–Crippen MR) is 65.8 cm³/mol. The van der Waals surface area contributed by atoms with Gasteiger partial charge in [0.25, 0.3) is 0 Å². The Balaban J connectivity index is 2.18. The molecular formula is C14H19NO. The first-order valence-electron chi connectivity index (χ1n) is 6.07. The number of aldehydes is 1. The number of benzene rings is 1. The molecule has 0 aliphatic carbocycles. The van der Waals surface area contributed by atoms with Gasteiger partial charge in [-0.25, -0.2) is 0 Å². The van der Waals surface area contributed by atoms with E-state index in [4.69, 9.17) is 0 Å². The van der Waals surface area contributed by atoms with Crippen molar-refractivity contribution in [2.75, 3.05) is 13.1 Å². The summed E-state index contributed by atoms with van der Waals surface area (Å²) in [4.78, 5) is 11.0. The van der Waals surface area contributed by atoms with Gasteiger partial charge in [-0.2, -0.15) is 0 Å². The van der Waals surface area contributed by atoms with E-state index >= 15 is 0 Å². The molecule has 0 aromatic heterocycles. The maximum atomic E-state index is 11.0. The predicted octanol–water partition coefficient (Wildman–Crippen LogP) is 2.60. The Labute approximate surface area is 97.1 Å². The molecular weight excluding hydrogens is 198 g/mol. The van der Waals surface area contributed by atoms with Crippen LogP contribution >= 0.6 is 0 Å². The molecule has 1 N–H and O–H groups in total. The topological polar surface area (TPSA) is 29.1 Å². The van der Waals surface area contributed by atoms with Crippen molar-refractivity contribution in [1.29, 1.82) is 0 Å². The summed E-state index contributed by atoms with van der Waals surface area (Å²) in [6, 6.07) is 7.97. The number of carbonyl (C=O) groups is 1. The molecule has 0 bridgehead atoms. The fourth-order valence-electron chi connectivity index (χ4n) is 2.63. The van der Waals surface area contributed by atoms with Crippen molar-refractivity contribution in [1.82, 2.24) is 5.32 Å². The van der Waals surface area contributed by atoms with Crippen LogP contribution < -0.4 is 5.32 Å². The second-order valence-corrected chi connectivity index (χ2v) is 4.62. The van der Waals surface area contributed by atoms with E-state index in [1.807, 2.05) is 18.2 Å². The average Bonchev–Trinajstić information content (AvgIpc) is 2.39. The van der Waals surface area contributed by atoms with E-state index in [0.29, 0.717) is 11.8 Å². The molecule has 86 valence electrons. The molecule has 2 rings (SSSR count). The van der Waals surface area contributed by atoms with E-state index in [1.165, 1.54) is 18.4 Å². The summed E-state index contributed by atoms with van der Waals surface area (Å²) in [7, 11) is 0. The van der Waals surface area contributed by atoms with E-state index in [0.717, 1.165) is 24.9 Å². The second kappa shape index (κ2) is 5.26. The first kappa shape index (κ1) is 11.3. The van der Waals surface area contributed by atoms with Crippen molar-refractivity contribution in [3.05, 3.63) is 35.4 Å². The lowest BCUT2D eigenvalue weighted by Gasteiger charge is -2.29. The molecule has 0 saturated carbocycles. The number of piperidine rings is 1. The van der Waals surface area contributed by atoms with Crippen LogP contribution in [0, 0.1) is 5.92 Å². The zero-order valence-electron chi connectivity index (χ0n) is 9.78. The highest BCUT2D eigenvalue weighted by molar-refractivity contribution is 5.77. The van der Waals surface area contributed by atoms with E-state index < -0.39 is 0 Å². The monoisotopic (exact) mass is 217 g/mol. The van der Waals surface area contributed by atoms with Gasteiger partial charge < -0.3 is 5.32 Å². The Hall–Kier alpha value is -1.15. The van der Waals surface area contributed by atoms with Gasteiger partial charge in [-0.3, -0.25) is 4.79 Å². The Morgan fingerprint density at radius 1 is 1.31 bits per heavy atom. The quantitative estimate of drug-likeness (QED) is 0.788. The summed E-state index contributed by atoms with van der Waals surface area (Å²) in [5.74, 6) is 1.20. The lowest BCUT2D eigenvalue weighted by Crippen LogP contribution is -2.30. The lowest BCUT2D eigenvalue weighted by atomic mass is 9.80. The lowest BCUT2D eigenvalue weighted by molar-refractivity contribution is 0.112. The van der Waals surface area contributed by atoms with Crippen LogP contribution in [0.15, 0.2) is 24.3 Å². The highest BCUT2D eigenvalue weighted by atomic mass is 16.1. The van der Waals surface area contributed by atoms with Crippen molar-refractivity contribution in [3.8, 4) is 0 Å².